The minimum atomic E-state index is -3.23. The molecule has 0 aliphatic carbocycles. The number of aromatic nitrogens is 12. The van der Waals surface area contributed by atoms with Gasteiger partial charge in [0.2, 0.25) is 30.1 Å². The Hall–Kier alpha value is -9.28. The molecule has 37 heteroatoms. The van der Waals surface area contributed by atoms with Gasteiger partial charge in [0.05, 0.1) is 76.4 Å². The van der Waals surface area contributed by atoms with E-state index < -0.39 is 36.0 Å². The second-order valence-electron chi connectivity index (χ2n) is 27.8. The number of piperidine rings is 3. The Morgan fingerprint density at radius 1 is 0.420 bits per heavy atom. The van der Waals surface area contributed by atoms with Crippen LogP contribution in [0.25, 0.3) is 50.7 Å². The molecule has 0 radical (unpaired) electrons. The molecule has 12 heterocycles. The summed E-state index contributed by atoms with van der Waals surface area (Å²) in [4.78, 5) is 45.6. The van der Waals surface area contributed by atoms with Crippen LogP contribution >= 0.6 is 34.0 Å². The third kappa shape index (κ3) is 18.7. The van der Waals surface area contributed by atoms with E-state index in [9.17, 15) is 58.5 Å². The number of thiazole rings is 3. The van der Waals surface area contributed by atoms with Gasteiger partial charge in [-0.05, 0) is 173 Å². The molecule has 3 fully saturated rings. The number of carbonyl (C=O) groups is 1. The zero-order valence-electron chi connectivity index (χ0n) is 62.3. The van der Waals surface area contributed by atoms with E-state index >= 15 is 0 Å². The Bertz CT molecular complexity index is 5440. The molecule has 592 valence electrons. The lowest BCUT2D eigenvalue weighted by atomic mass is 9.94. The lowest BCUT2D eigenvalue weighted by molar-refractivity contribution is -0.137. The van der Waals surface area contributed by atoms with Gasteiger partial charge in [-0.25, -0.2) is 81.2 Å². The van der Waals surface area contributed by atoms with Crippen LogP contribution in [0.4, 0.5) is 46.0 Å². The van der Waals surface area contributed by atoms with Crippen LogP contribution in [0.2, 0.25) is 0 Å². The number of sulfonamides is 3. The van der Waals surface area contributed by atoms with Gasteiger partial charge in [-0.2, -0.15) is 28.8 Å². The predicted octanol–water partition coefficient (Wildman–Crippen LogP) is 11.6. The van der Waals surface area contributed by atoms with Gasteiger partial charge >= 0.3 is 5.97 Å². The van der Waals surface area contributed by atoms with Crippen LogP contribution < -0.4 is 14.7 Å². The molecule has 0 bridgehead atoms. The van der Waals surface area contributed by atoms with E-state index in [0.29, 0.717) is 143 Å². The number of rotatable bonds is 24. The molecule has 3 N–H and O–H groups in total. The third-order valence-electron chi connectivity index (χ3n) is 20.1. The lowest BCUT2D eigenvalue weighted by Gasteiger charge is -2.29. The van der Waals surface area contributed by atoms with Gasteiger partial charge in [0.15, 0.2) is 49.8 Å². The highest BCUT2D eigenvalue weighted by Gasteiger charge is 2.33. The fourth-order valence-electron chi connectivity index (χ4n) is 14.1. The van der Waals surface area contributed by atoms with Gasteiger partial charge in [-0.15, -0.1) is 34.0 Å². The first-order valence-corrected chi connectivity index (χ1v) is 44.6. The summed E-state index contributed by atoms with van der Waals surface area (Å²) in [5, 5.41) is 50.8. The molecule has 15 rings (SSSR count). The summed E-state index contributed by atoms with van der Waals surface area (Å²) in [6, 6.07) is 30.2. The van der Waals surface area contributed by atoms with Crippen molar-refractivity contribution in [3.8, 4) is 33.8 Å². The maximum atomic E-state index is 13.4. The minimum Gasteiger partial charge on any atom is -0.481 e. The molecule has 12 aromatic rings. The number of fused-ring (bicyclic) bond motifs is 3. The van der Waals surface area contributed by atoms with Gasteiger partial charge in [-0.3, -0.25) is 4.79 Å². The Labute approximate surface area is 658 Å². The van der Waals surface area contributed by atoms with Crippen molar-refractivity contribution in [3.05, 3.63) is 177 Å². The summed E-state index contributed by atoms with van der Waals surface area (Å²) in [7, 11) is -3.95. The number of benzene rings is 3. The van der Waals surface area contributed by atoms with Crippen molar-refractivity contribution in [1.29, 1.82) is 0 Å². The van der Waals surface area contributed by atoms with Crippen molar-refractivity contribution in [1.82, 2.24) is 71.7 Å². The normalized spacial score (nSPS) is 15.4. The van der Waals surface area contributed by atoms with Crippen LogP contribution in [-0.4, -0.2) is 211 Å². The van der Waals surface area contributed by atoms with Crippen LogP contribution in [0.15, 0.2) is 125 Å². The van der Waals surface area contributed by atoms with Crippen LogP contribution in [0.1, 0.15) is 110 Å². The number of hydrogen-bond donors (Lipinski definition) is 3. The van der Waals surface area contributed by atoms with E-state index in [1.165, 1.54) is 102 Å². The predicted molar refractivity (Wildman–Crippen MR) is 428 cm³/mol. The number of nitrogens with zero attached hydrogens (tertiary/aromatic N) is 18. The van der Waals surface area contributed by atoms with Crippen molar-refractivity contribution < 1.29 is 58.5 Å². The zero-order valence-corrected chi connectivity index (χ0v) is 67.2. The molecule has 3 aliphatic rings. The summed E-state index contributed by atoms with van der Waals surface area (Å²) in [5.74, 6) is 0.732. The highest BCUT2D eigenvalue weighted by molar-refractivity contribution is 7.88. The quantitative estimate of drug-likeness (QED) is 0.0506. The highest BCUT2D eigenvalue weighted by Crippen LogP contribution is 2.40. The molecule has 28 nitrogen and oxygen atoms in total. The van der Waals surface area contributed by atoms with Crippen molar-refractivity contribution in [2.75, 3.05) is 107 Å². The highest BCUT2D eigenvalue weighted by atomic mass is 32.2. The maximum Gasteiger partial charge on any atom is 0.303 e. The molecule has 3 aromatic carbocycles. The van der Waals surface area contributed by atoms with Gasteiger partial charge in [-0.1, -0.05) is 0 Å². The number of carboxylic acid groups (broad SMARTS) is 1. The van der Waals surface area contributed by atoms with Crippen LogP contribution in [0.3, 0.4) is 0 Å². The molecule has 9 aromatic heterocycles. The first-order chi connectivity index (χ1) is 53.6. The fourth-order valence-corrected chi connectivity index (χ4v) is 19.1. The van der Waals surface area contributed by atoms with E-state index in [1.54, 1.807) is 40.9 Å². The zero-order chi connectivity index (χ0) is 79.3. The second kappa shape index (κ2) is 34.6. The standard InChI is InChI=1S/C25H27FN6O4S2.2C25H29FN6O3S2/c1-30(25-28-21(15-37-25)16-3-5-18(26)6-4-16)24-20(8-10-23(33)34)27-22-9-7-19(29-32(22)24)17-11-13-31(14-12-17)38(2,35)36;2*1-30(25-28-22(16-36-25)17-5-7-19(26)8-6-17)24-21(4-3-15-33)27-23-10-9-20(29-32(23)24)18-11-13-31(14-12-18)37(2,34)35/h3-7,9,15,17H,8,10-14H2,1-2H3,(H,33,34);2*5-10,16,18,33H,3-4,11-15H2,1-2H3. The third-order valence-corrected chi connectivity index (χ3v) is 26.7. The fraction of sp³-hybridized carbons (Fsp3) is 0.387. The Kier molecular flexibility index (Phi) is 24.9. The minimum absolute atomic E-state index is 0.0561. The molecule has 3 saturated heterocycles. The first-order valence-electron chi connectivity index (χ1n) is 36.4. The van der Waals surface area contributed by atoms with Gasteiger partial charge < -0.3 is 30.0 Å². The number of hydrogen-bond acceptors (Lipinski definition) is 24. The summed E-state index contributed by atoms with van der Waals surface area (Å²) in [6.07, 6.45) is 10.3. The van der Waals surface area contributed by atoms with E-state index in [2.05, 4.69) is 4.98 Å². The summed E-state index contributed by atoms with van der Waals surface area (Å²) >= 11 is 4.35. The SMILES string of the molecule is CN(c1nc(-c2ccc(F)cc2)cs1)c1c(CCC(=O)O)nc2ccc(C3CCN(S(C)(=O)=O)CC3)nn12.CN(c1nc(-c2ccc(F)cc2)cs1)c1c(CCCO)nc2ccc(C3CCN(S(C)(=O)=O)CC3)nn12.CN(c1nc(-c2ccc(F)cc2)cs1)c1c(CCCO)nc2ccc(C3CCN(S(C)(=O)=O)CC3)nn12. The number of aliphatic hydroxyl groups is 2. The molecule has 0 spiro atoms. The van der Waals surface area contributed by atoms with Crippen LogP contribution in [0.5, 0.6) is 0 Å². The number of aliphatic hydroxyl groups excluding tert-OH is 2. The summed E-state index contributed by atoms with van der Waals surface area (Å²) in [5.41, 5.74) is 11.5. The largest absolute Gasteiger partial charge is 0.481 e. The molecule has 0 amide bonds. The number of aliphatic carboxylic acids is 1. The van der Waals surface area contributed by atoms with Crippen LogP contribution in [0, 0.1) is 17.5 Å². The molecule has 112 heavy (non-hydrogen) atoms. The number of imidazole rings is 3. The van der Waals surface area contributed by atoms with Gasteiger partial charge in [0.1, 0.15) is 17.5 Å². The second-order valence-corrected chi connectivity index (χ2v) is 36.3. The number of aryl methyl sites for hydroxylation is 3. The molecule has 0 atom stereocenters. The first kappa shape index (κ1) is 80.8. The van der Waals surface area contributed by atoms with Crippen molar-refractivity contribution in [2.45, 2.75) is 94.8 Å². The van der Waals surface area contributed by atoms with Gasteiger partial charge in [0, 0.05) is 131 Å². The Balaban J connectivity index is 0.000000147. The van der Waals surface area contributed by atoms with Crippen molar-refractivity contribution in [2.24, 2.45) is 0 Å². The lowest BCUT2D eigenvalue weighted by Crippen LogP contribution is -2.37. The number of anilines is 6. The van der Waals surface area contributed by atoms with E-state index in [4.69, 9.17) is 40.2 Å². The molecular weight excluding hydrogens is 1560 g/mol. The monoisotopic (exact) mass is 1650 g/mol. The van der Waals surface area contributed by atoms with E-state index in [0.717, 1.165) is 78.4 Å². The van der Waals surface area contributed by atoms with Crippen molar-refractivity contribution in [3.63, 3.8) is 0 Å². The smallest absolute Gasteiger partial charge is 0.303 e. The molecule has 0 unspecified atom stereocenters. The summed E-state index contributed by atoms with van der Waals surface area (Å²) in [6.45, 7) is 2.91. The average Bonchev–Trinajstić information content (AvgIpc) is 1.62. The summed E-state index contributed by atoms with van der Waals surface area (Å²) < 4.78 is 121. The average molecular weight is 1650 g/mol. The van der Waals surface area contributed by atoms with Crippen LogP contribution in [-0.2, 0) is 54.1 Å². The Morgan fingerprint density at radius 2 is 0.688 bits per heavy atom. The molecular formula is C75H85F3N18O10S6. The van der Waals surface area contributed by atoms with E-state index in [-0.39, 0.29) is 61.3 Å². The molecule has 3 aliphatic heterocycles. The van der Waals surface area contributed by atoms with Gasteiger partial charge in [0.25, 0.3) is 0 Å². The van der Waals surface area contributed by atoms with Crippen molar-refractivity contribution >= 4 is 120 Å². The Morgan fingerprint density at radius 3 is 0.938 bits per heavy atom. The number of carboxylic acids is 1. The number of halogens is 3. The molecule has 0 saturated carbocycles. The maximum absolute atomic E-state index is 13.4. The topological polar surface area (TPSA) is 329 Å². The van der Waals surface area contributed by atoms with E-state index in [1.807, 2.05) is 97.4 Å².